The Morgan fingerprint density at radius 3 is 2.32 bits per heavy atom. The summed E-state index contributed by atoms with van der Waals surface area (Å²) in [5.41, 5.74) is -0.141. The lowest BCUT2D eigenvalue weighted by molar-refractivity contribution is -0.0348. The monoisotopic (exact) mass is 476 g/mol. The minimum absolute atomic E-state index is 0.141. The molecule has 7 nitrogen and oxygen atoms in total. The molecule has 28 heavy (non-hydrogen) atoms. The van der Waals surface area contributed by atoms with Gasteiger partial charge in [0, 0.05) is 35.7 Å². The van der Waals surface area contributed by atoms with Gasteiger partial charge in [0.15, 0.2) is 11.5 Å². The van der Waals surface area contributed by atoms with E-state index < -0.39 is 10.0 Å². The summed E-state index contributed by atoms with van der Waals surface area (Å²) in [5.74, 6) is 0.858. The molecule has 1 heterocycles. The van der Waals surface area contributed by atoms with E-state index in [1.54, 1.807) is 6.07 Å². The molecule has 1 aromatic rings. The van der Waals surface area contributed by atoms with Crippen molar-refractivity contribution in [3.05, 3.63) is 16.6 Å². The third-order valence-electron chi connectivity index (χ3n) is 5.79. The van der Waals surface area contributed by atoms with E-state index in [2.05, 4.69) is 25.6 Å². The molecule has 2 aliphatic rings. The molecule has 0 atom stereocenters. The van der Waals surface area contributed by atoms with Crippen molar-refractivity contribution in [3.8, 4) is 11.5 Å². The first-order chi connectivity index (χ1) is 13.4. The predicted octanol–water partition coefficient (Wildman–Crippen LogP) is 2.78. The Hall–Kier alpha value is -0.870. The van der Waals surface area contributed by atoms with Crippen LogP contribution in [0.2, 0.25) is 0 Å². The van der Waals surface area contributed by atoms with E-state index in [1.807, 2.05) is 0 Å². The summed E-state index contributed by atoms with van der Waals surface area (Å²) in [4.78, 5) is 2.57. The fourth-order valence-corrected chi connectivity index (χ4v) is 6.35. The summed E-state index contributed by atoms with van der Waals surface area (Å²) in [6.07, 6.45) is 5.46. The summed E-state index contributed by atoms with van der Waals surface area (Å²) in [6, 6.07) is 3.11. The van der Waals surface area contributed by atoms with Crippen molar-refractivity contribution >= 4 is 26.0 Å². The van der Waals surface area contributed by atoms with Crippen LogP contribution >= 0.6 is 15.9 Å². The van der Waals surface area contributed by atoms with Crippen molar-refractivity contribution in [2.75, 3.05) is 47.1 Å². The van der Waals surface area contributed by atoms with Crippen LogP contribution < -0.4 is 14.2 Å². The average Bonchev–Trinajstić information content (AvgIpc) is 2.73. The molecule has 1 aliphatic heterocycles. The van der Waals surface area contributed by atoms with Gasteiger partial charge in [0.05, 0.1) is 27.4 Å². The van der Waals surface area contributed by atoms with Crippen molar-refractivity contribution in [2.24, 2.45) is 0 Å². The van der Waals surface area contributed by atoms with Gasteiger partial charge in [-0.15, -0.1) is 0 Å². The maximum Gasteiger partial charge on any atom is 0.241 e. The molecule has 3 rings (SSSR count). The number of hydrogen-bond donors (Lipinski definition) is 1. The van der Waals surface area contributed by atoms with E-state index in [4.69, 9.17) is 14.2 Å². The van der Waals surface area contributed by atoms with Gasteiger partial charge in [-0.25, -0.2) is 13.1 Å². The number of nitrogens with one attached hydrogen (secondary N) is 1. The molecule has 9 heteroatoms. The summed E-state index contributed by atoms with van der Waals surface area (Å²) in [6.45, 7) is 3.51. The molecule has 0 spiro atoms. The lowest BCUT2D eigenvalue weighted by atomic mass is 9.80. The fourth-order valence-electron chi connectivity index (χ4n) is 4.20. The van der Waals surface area contributed by atoms with Gasteiger partial charge in [-0.1, -0.05) is 19.3 Å². The minimum atomic E-state index is -3.72. The van der Waals surface area contributed by atoms with E-state index in [1.165, 1.54) is 26.7 Å². The highest BCUT2D eigenvalue weighted by Crippen LogP contribution is 2.37. The van der Waals surface area contributed by atoms with Crippen LogP contribution in [0.1, 0.15) is 32.1 Å². The van der Waals surface area contributed by atoms with Crippen LogP contribution in [0, 0.1) is 0 Å². The van der Waals surface area contributed by atoms with Gasteiger partial charge in [0.1, 0.15) is 4.90 Å². The second kappa shape index (κ2) is 9.30. The Bertz CT molecular complexity index is 775. The molecule has 2 fully saturated rings. The van der Waals surface area contributed by atoms with Gasteiger partial charge >= 0.3 is 0 Å². The SMILES string of the molecule is COc1cc(Br)c(S(=O)(=O)NCC2(N3CCOCC3)CCCCC2)cc1OC. The molecule has 0 unspecified atom stereocenters. The zero-order chi connectivity index (χ0) is 20.2. The van der Waals surface area contributed by atoms with Crippen molar-refractivity contribution in [3.63, 3.8) is 0 Å². The normalized spacial score (nSPS) is 20.7. The standard InChI is InChI=1S/C19H29BrN2O5S/c1-25-16-12-15(20)18(13-17(16)26-2)28(23,24)21-14-19(6-4-3-5-7-19)22-8-10-27-11-9-22/h12-13,21H,3-11,14H2,1-2H3. The molecule has 0 aromatic heterocycles. The maximum absolute atomic E-state index is 13.1. The molecule has 1 saturated carbocycles. The van der Waals surface area contributed by atoms with Crippen molar-refractivity contribution < 1.29 is 22.6 Å². The molecular weight excluding hydrogens is 448 g/mol. The first kappa shape index (κ1) is 21.8. The number of ether oxygens (including phenoxy) is 3. The van der Waals surface area contributed by atoms with Crippen molar-refractivity contribution in [2.45, 2.75) is 42.5 Å². The largest absolute Gasteiger partial charge is 0.493 e. The molecule has 0 radical (unpaired) electrons. The minimum Gasteiger partial charge on any atom is -0.493 e. The third kappa shape index (κ3) is 4.64. The van der Waals surface area contributed by atoms with E-state index in [0.29, 0.717) is 35.7 Å². The van der Waals surface area contributed by atoms with Gasteiger partial charge in [-0.2, -0.15) is 0 Å². The second-order valence-electron chi connectivity index (χ2n) is 7.35. The topological polar surface area (TPSA) is 77.1 Å². The Morgan fingerprint density at radius 1 is 1.11 bits per heavy atom. The maximum atomic E-state index is 13.1. The van der Waals surface area contributed by atoms with Crippen LogP contribution in [0.25, 0.3) is 0 Å². The number of methoxy groups -OCH3 is 2. The highest BCUT2D eigenvalue weighted by atomic mass is 79.9. The van der Waals surface area contributed by atoms with E-state index in [0.717, 1.165) is 38.8 Å². The van der Waals surface area contributed by atoms with Crippen LogP contribution in [0.15, 0.2) is 21.5 Å². The molecule has 0 bridgehead atoms. The molecular formula is C19H29BrN2O5S. The number of sulfonamides is 1. The molecule has 1 saturated heterocycles. The first-order valence-corrected chi connectivity index (χ1v) is 11.9. The van der Waals surface area contributed by atoms with Crippen LogP contribution in [-0.4, -0.2) is 65.9 Å². The third-order valence-corrected chi connectivity index (χ3v) is 8.14. The number of hydrogen-bond acceptors (Lipinski definition) is 6. The first-order valence-electron chi connectivity index (χ1n) is 9.66. The highest BCUT2D eigenvalue weighted by Gasteiger charge is 2.39. The van der Waals surface area contributed by atoms with Crippen molar-refractivity contribution in [1.82, 2.24) is 9.62 Å². The van der Waals surface area contributed by atoms with Crippen LogP contribution in [0.4, 0.5) is 0 Å². The van der Waals surface area contributed by atoms with Gasteiger partial charge in [-0.3, -0.25) is 4.90 Å². The molecule has 1 aromatic carbocycles. The molecule has 1 N–H and O–H groups in total. The summed E-state index contributed by atoms with van der Waals surface area (Å²) >= 11 is 3.36. The van der Waals surface area contributed by atoms with E-state index in [-0.39, 0.29) is 10.4 Å². The smallest absolute Gasteiger partial charge is 0.241 e. The van der Waals surface area contributed by atoms with Gasteiger partial charge in [0.25, 0.3) is 0 Å². The Kier molecular flexibility index (Phi) is 7.25. The predicted molar refractivity (Wildman–Crippen MR) is 111 cm³/mol. The van der Waals surface area contributed by atoms with Gasteiger partial charge in [-0.05, 0) is 34.8 Å². The lowest BCUT2D eigenvalue weighted by Gasteiger charge is -2.48. The summed E-state index contributed by atoms with van der Waals surface area (Å²) in [7, 11) is -0.704. The molecule has 158 valence electrons. The Labute approximate surface area is 175 Å². The molecule has 0 amide bonds. The van der Waals surface area contributed by atoms with Crippen LogP contribution in [0.5, 0.6) is 11.5 Å². The van der Waals surface area contributed by atoms with Gasteiger partial charge < -0.3 is 14.2 Å². The number of nitrogens with zero attached hydrogens (tertiary/aromatic N) is 1. The van der Waals surface area contributed by atoms with Crippen LogP contribution in [-0.2, 0) is 14.8 Å². The highest BCUT2D eigenvalue weighted by molar-refractivity contribution is 9.10. The summed E-state index contributed by atoms with van der Waals surface area (Å²) < 4.78 is 45.6. The Morgan fingerprint density at radius 2 is 1.71 bits per heavy atom. The van der Waals surface area contributed by atoms with Gasteiger partial charge in [0.2, 0.25) is 10.0 Å². The number of rotatable bonds is 7. The fraction of sp³-hybridized carbons (Fsp3) is 0.684. The number of morpholine rings is 1. The van der Waals surface area contributed by atoms with E-state index >= 15 is 0 Å². The quantitative estimate of drug-likeness (QED) is 0.651. The zero-order valence-electron chi connectivity index (χ0n) is 16.5. The Balaban J connectivity index is 1.82. The van der Waals surface area contributed by atoms with E-state index in [9.17, 15) is 8.42 Å². The van der Waals surface area contributed by atoms with Crippen LogP contribution in [0.3, 0.4) is 0 Å². The number of halogens is 1. The average molecular weight is 477 g/mol. The molecule has 1 aliphatic carbocycles. The zero-order valence-corrected chi connectivity index (χ0v) is 18.9. The second-order valence-corrected chi connectivity index (χ2v) is 9.94. The summed E-state index contributed by atoms with van der Waals surface area (Å²) in [5, 5.41) is 0. The number of benzene rings is 1. The van der Waals surface area contributed by atoms with Crippen molar-refractivity contribution in [1.29, 1.82) is 0 Å². The lowest BCUT2D eigenvalue weighted by Crippen LogP contribution is -2.59.